The number of rotatable bonds is 7. The van der Waals surface area contributed by atoms with Crippen LogP contribution >= 0.6 is 11.9 Å². The summed E-state index contributed by atoms with van der Waals surface area (Å²) in [6.07, 6.45) is 6.73. The Morgan fingerprint density at radius 2 is 1.91 bits per heavy atom. The number of carbonyl (C=O) groups is 1. The number of hydrogen-bond acceptors (Lipinski definition) is 6. The number of para-hydroxylation sites is 1. The van der Waals surface area contributed by atoms with Gasteiger partial charge in [0.25, 0.3) is 5.56 Å². The van der Waals surface area contributed by atoms with Crippen LogP contribution in [0.1, 0.15) is 22.8 Å². The highest BCUT2D eigenvalue weighted by atomic mass is 32.2. The first-order chi connectivity index (χ1) is 15.4. The van der Waals surface area contributed by atoms with E-state index in [9.17, 15) is 9.59 Å². The van der Waals surface area contributed by atoms with E-state index < -0.39 is 11.5 Å². The maximum atomic E-state index is 12.6. The number of ether oxygens (including phenoxy) is 1. The summed E-state index contributed by atoms with van der Waals surface area (Å²) in [6.45, 7) is 6.03. The quantitative estimate of drug-likeness (QED) is 0.377. The van der Waals surface area contributed by atoms with Crippen LogP contribution in [-0.4, -0.2) is 23.3 Å². The zero-order chi connectivity index (χ0) is 23.3. The molecular weight excluding hydrogens is 422 g/mol. The SMILES string of the molecule is C#CC(=O)n1cc(-c2cc(NSCC)ccc2Oc2c(C)cccc2C)cc(NC)c1=O. The van der Waals surface area contributed by atoms with Crippen molar-refractivity contribution in [2.24, 2.45) is 0 Å². The van der Waals surface area contributed by atoms with Gasteiger partial charge in [-0.3, -0.25) is 9.59 Å². The second-order valence-corrected chi connectivity index (χ2v) is 8.16. The van der Waals surface area contributed by atoms with Crippen molar-refractivity contribution in [1.29, 1.82) is 0 Å². The van der Waals surface area contributed by atoms with Crippen molar-refractivity contribution >= 4 is 29.2 Å². The molecule has 1 aromatic heterocycles. The highest BCUT2D eigenvalue weighted by Crippen LogP contribution is 2.38. The van der Waals surface area contributed by atoms with Crippen LogP contribution < -0.4 is 20.3 Å². The first-order valence-corrected chi connectivity index (χ1v) is 11.1. The second kappa shape index (κ2) is 10.1. The standard InChI is InChI=1S/C25H25N3O3S/c1-6-23(29)28-15-18(13-21(26-5)25(28)30)20-14-19(27-32-7-2)11-12-22(20)31-24-16(3)9-8-10-17(24)4/h1,8-15,26-27H,7H2,2-5H3. The molecule has 0 unspecified atom stereocenters. The number of aromatic nitrogens is 1. The molecular formula is C25H25N3O3S. The topological polar surface area (TPSA) is 72.4 Å². The van der Waals surface area contributed by atoms with Crippen molar-refractivity contribution in [1.82, 2.24) is 4.57 Å². The summed E-state index contributed by atoms with van der Waals surface area (Å²) in [7, 11) is 1.62. The normalized spacial score (nSPS) is 10.3. The van der Waals surface area contributed by atoms with Gasteiger partial charge in [-0.25, -0.2) is 4.57 Å². The Morgan fingerprint density at radius 3 is 2.53 bits per heavy atom. The lowest BCUT2D eigenvalue weighted by atomic mass is 10.0. The smallest absolute Gasteiger partial charge is 0.309 e. The summed E-state index contributed by atoms with van der Waals surface area (Å²) in [5.41, 5.74) is 3.95. The summed E-state index contributed by atoms with van der Waals surface area (Å²) in [5, 5.41) is 2.85. The van der Waals surface area contributed by atoms with Crippen molar-refractivity contribution in [2.75, 3.05) is 22.8 Å². The van der Waals surface area contributed by atoms with Gasteiger partial charge in [-0.2, -0.15) is 0 Å². The van der Waals surface area contributed by atoms with Gasteiger partial charge in [0, 0.05) is 35.8 Å². The minimum absolute atomic E-state index is 0.255. The maximum Gasteiger partial charge on any atom is 0.309 e. The van der Waals surface area contributed by atoms with Crippen molar-refractivity contribution < 1.29 is 9.53 Å². The van der Waals surface area contributed by atoms with Crippen LogP contribution in [0.15, 0.2) is 53.5 Å². The number of carbonyl (C=O) groups excluding carboxylic acids is 1. The van der Waals surface area contributed by atoms with E-state index in [1.165, 1.54) is 6.20 Å². The van der Waals surface area contributed by atoms with Gasteiger partial charge in [0.05, 0.1) is 0 Å². The molecule has 164 valence electrons. The Balaban J connectivity index is 2.22. The summed E-state index contributed by atoms with van der Waals surface area (Å²) in [5.74, 6) is 3.52. The van der Waals surface area contributed by atoms with E-state index in [1.54, 1.807) is 25.1 Å². The largest absolute Gasteiger partial charge is 0.456 e. The molecule has 0 saturated heterocycles. The number of nitrogens with zero attached hydrogens (tertiary/aromatic N) is 1. The van der Waals surface area contributed by atoms with Crippen LogP contribution in [0.25, 0.3) is 11.1 Å². The molecule has 0 saturated carbocycles. The molecule has 32 heavy (non-hydrogen) atoms. The molecule has 0 aliphatic carbocycles. The molecule has 0 spiro atoms. The van der Waals surface area contributed by atoms with Gasteiger partial charge in [-0.15, -0.1) is 6.42 Å². The number of pyridine rings is 1. The number of benzene rings is 2. The van der Waals surface area contributed by atoms with Crippen molar-refractivity contribution in [3.05, 3.63) is 70.1 Å². The summed E-state index contributed by atoms with van der Waals surface area (Å²) in [6, 6.07) is 13.4. The number of aryl methyl sites for hydroxylation is 2. The molecule has 7 heteroatoms. The molecule has 3 aromatic rings. The van der Waals surface area contributed by atoms with Crippen LogP contribution in [0, 0.1) is 26.2 Å². The van der Waals surface area contributed by atoms with E-state index in [-0.39, 0.29) is 5.69 Å². The third-order valence-electron chi connectivity index (χ3n) is 4.87. The van der Waals surface area contributed by atoms with Gasteiger partial charge < -0.3 is 14.8 Å². The fraction of sp³-hybridized carbons (Fsp3) is 0.200. The molecule has 0 aliphatic heterocycles. The van der Waals surface area contributed by atoms with E-state index in [1.807, 2.05) is 56.2 Å². The molecule has 0 radical (unpaired) electrons. The van der Waals surface area contributed by atoms with Crippen LogP contribution in [0.3, 0.4) is 0 Å². The Labute approximate surface area is 192 Å². The van der Waals surface area contributed by atoms with E-state index in [4.69, 9.17) is 11.2 Å². The number of terminal acetylenes is 1. The van der Waals surface area contributed by atoms with Gasteiger partial charge >= 0.3 is 5.91 Å². The van der Waals surface area contributed by atoms with Gasteiger partial charge in [-0.05, 0) is 55.2 Å². The lowest BCUT2D eigenvalue weighted by molar-refractivity contribution is 0.0976. The fourth-order valence-corrected chi connectivity index (χ4v) is 3.70. The van der Waals surface area contributed by atoms with E-state index in [2.05, 4.69) is 17.0 Å². The zero-order valence-electron chi connectivity index (χ0n) is 18.5. The van der Waals surface area contributed by atoms with Crippen molar-refractivity contribution in [2.45, 2.75) is 20.8 Å². The van der Waals surface area contributed by atoms with Gasteiger partial charge in [-0.1, -0.05) is 37.1 Å². The molecule has 1 heterocycles. The van der Waals surface area contributed by atoms with Crippen molar-refractivity contribution in [3.8, 4) is 35.0 Å². The molecule has 0 atom stereocenters. The second-order valence-electron chi connectivity index (χ2n) is 7.09. The van der Waals surface area contributed by atoms with Gasteiger partial charge in [0.2, 0.25) is 0 Å². The summed E-state index contributed by atoms with van der Waals surface area (Å²) >= 11 is 1.56. The first kappa shape index (κ1) is 23.0. The van der Waals surface area contributed by atoms with Crippen molar-refractivity contribution in [3.63, 3.8) is 0 Å². The summed E-state index contributed by atoms with van der Waals surface area (Å²) < 4.78 is 10.6. The highest BCUT2D eigenvalue weighted by molar-refractivity contribution is 8.00. The molecule has 0 amide bonds. The summed E-state index contributed by atoms with van der Waals surface area (Å²) in [4.78, 5) is 24.8. The van der Waals surface area contributed by atoms with E-state index in [0.29, 0.717) is 16.9 Å². The van der Waals surface area contributed by atoms with Crippen LogP contribution in [0.4, 0.5) is 11.4 Å². The lowest BCUT2D eigenvalue weighted by Crippen LogP contribution is -2.27. The number of anilines is 2. The predicted octanol–water partition coefficient (Wildman–Crippen LogP) is 5.32. The Kier molecular flexibility index (Phi) is 7.29. The minimum Gasteiger partial charge on any atom is -0.456 e. The molecule has 0 fully saturated rings. The van der Waals surface area contributed by atoms with Gasteiger partial charge in [0.1, 0.15) is 17.2 Å². The molecule has 0 aliphatic rings. The number of hydrogen-bond donors (Lipinski definition) is 2. The molecule has 3 rings (SSSR count). The average molecular weight is 448 g/mol. The first-order valence-electron chi connectivity index (χ1n) is 10.1. The number of nitrogens with one attached hydrogen (secondary N) is 2. The maximum absolute atomic E-state index is 12.6. The van der Waals surface area contributed by atoms with Gasteiger partial charge in [0.15, 0.2) is 0 Å². The Morgan fingerprint density at radius 1 is 1.19 bits per heavy atom. The molecule has 2 N–H and O–H groups in total. The monoisotopic (exact) mass is 447 g/mol. The molecule has 0 bridgehead atoms. The minimum atomic E-state index is -0.735. The van der Waals surface area contributed by atoms with E-state index in [0.717, 1.165) is 32.9 Å². The predicted molar refractivity (Wildman–Crippen MR) is 133 cm³/mol. The average Bonchev–Trinajstić information content (AvgIpc) is 2.80. The highest BCUT2D eigenvalue weighted by Gasteiger charge is 2.16. The Hall–Kier alpha value is -3.63. The fourth-order valence-electron chi connectivity index (χ4n) is 3.26. The van der Waals surface area contributed by atoms with Crippen LogP contribution in [0.2, 0.25) is 0 Å². The van der Waals surface area contributed by atoms with Crippen LogP contribution in [-0.2, 0) is 0 Å². The third kappa shape index (κ3) is 4.82. The molecule has 6 nitrogen and oxygen atoms in total. The Bertz CT molecular complexity index is 1240. The zero-order valence-corrected chi connectivity index (χ0v) is 19.3. The third-order valence-corrected chi connectivity index (χ3v) is 5.54. The van der Waals surface area contributed by atoms with Crippen LogP contribution in [0.5, 0.6) is 11.5 Å². The molecule has 2 aromatic carbocycles. The van der Waals surface area contributed by atoms with E-state index >= 15 is 0 Å². The lowest BCUT2D eigenvalue weighted by Gasteiger charge is -2.17.